The molecule has 2 heterocycles. The third kappa shape index (κ3) is 1.37. The summed E-state index contributed by atoms with van der Waals surface area (Å²) >= 11 is 0. The van der Waals surface area contributed by atoms with E-state index < -0.39 is 0 Å². The zero-order valence-corrected chi connectivity index (χ0v) is 8.83. The van der Waals surface area contributed by atoms with Crippen molar-refractivity contribution in [3.63, 3.8) is 0 Å². The second-order valence-corrected chi connectivity index (χ2v) is 4.21. The van der Waals surface area contributed by atoms with Gasteiger partial charge in [-0.15, -0.1) is 0 Å². The van der Waals surface area contributed by atoms with E-state index in [0.29, 0.717) is 6.04 Å². The highest BCUT2D eigenvalue weighted by Gasteiger charge is 2.17. The topological polar surface area (TPSA) is 28.1 Å². The maximum absolute atomic E-state index is 4.68. The van der Waals surface area contributed by atoms with Crippen LogP contribution in [0.15, 0.2) is 35.5 Å². The number of nitrogens with zero attached hydrogens (tertiary/aromatic N) is 1. The number of hydrogen-bond donors (Lipinski definition) is 1. The molecule has 2 nitrogen and oxygen atoms in total. The lowest BCUT2D eigenvalue weighted by molar-refractivity contribution is 0.739. The summed E-state index contributed by atoms with van der Waals surface area (Å²) in [4.78, 5) is 7.98. The quantitative estimate of drug-likeness (QED) is 0.729. The summed E-state index contributed by atoms with van der Waals surface area (Å²) in [6.45, 7) is 2.18. The fourth-order valence-corrected chi connectivity index (χ4v) is 2.26. The van der Waals surface area contributed by atoms with E-state index in [1.54, 1.807) is 0 Å². The number of aliphatic imine (C=N–C) groups is 1. The smallest absolute Gasteiger partial charge is 0.0478 e. The fraction of sp³-hybridized carbons (Fsp3) is 0.308. The van der Waals surface area contributed by atoms with Gasteiger partial charge in [-0.05, 0) is 25.8 Å². The van der Waals surface area contributed by atoms with Gasteiger partial charge < -0.3 is 4.98 Å². The Labute approximate surface area is 89.0 Å². The van der Waals surface area contributed by atoms with Gasteiger partial charge in [0.1, 0.15) is 0 Å². The van der Waals surface area contributed by atoms with E-state index in [4.69, 9.17) is 0 Å². The third-order valence-electron chi connectivity index (χ3n) is 3.08. The Hall–Kier alpha value is -1.57. The number of aromatic amines is 1. The monoisotopic (exact) mass is 198 g/mol. The van der Waals surface area contributed by atoms with E-state index in [1.807, 2.05) is 0 Å². The second kappa shape index (κ2) is 3.23. The molecule has 0 aliphatic carbocycles. The predicted molar refractivity (Wildman–Crippen MR) is 63.5 cm³/mol. The zero-order valence-electron chi connectivity index (χ0n) is 8.83. The van der Waals surface area contributed by atoms with Crippen molar-refractivity contribution < 1.29 is 0 Å². The minimum absolute atomic E-state index is 0.494. The Bertz CT molecular complexity index is 522. The molecule has 1 N–H and O–H groups in total. The molecular formula is C13H14N2. The molecule has 0 saturated carbocycles. The maximum atomic E-state index is 4.68. The molecule has 15 heavy (non-hydrogen) atoms. The Kier molecular flexibility index (Phi) is 1.88. The molecule has 3 rings (SSSR count). The first kappa shape index (κ1) is 8.72. The van der Waals surface area contributed by atoms with Crippen molar-refractivity contribution >= 4 is 16.6 Å². The van der Waals surface area contributed by atoms with Crippen LogP contribution in [0.25, 0.3) is 10.9 Å². The van der Waals surface area contributed by atoms with Gasteiger partial charge in [0.25, 0.3) is 0 Å². The largest absolute Gasteiger partial charge is 0.360 e. The Morgan fingerprint density at radius 3 is 3.00 bits per heavy atom. The van der Waals surface area contributed by atoms with Gasteiger partial charge >= 0.3 is 0 Å². The molecule has 2 aromatic rings. The van der Waals surface area contributed by atoms with Crippen LogP contribution in [0.1, 0.15) is 25.3 Å². The lowest BCUT2D eigenvalue weighted by Crippen LogP contribution is -1.93. The molecule has 76 valence electrons. The normalized spacial score (nSPS) is 20.9. The number of fused-ring (bicyclic) bond motifs is 1. The van der Waals surface area contributed by atoms with Crippen LogP contribution in [-0.2, 0) is 0 Å². The van der Waals surface area contributed by atoms with Crippen molar-refractivity contribution in [1.82, 2.24) is 4.98 Å². The van der Waals surface area contributed by atoms with Crippen LogP contribution in [-0.4, -0.2) is 16.7 Å². The van der Waals surface area contributed by atoms with Gasteiger partial charge in [-0.2, -0.15) is 0 Å². The summed E-state index contributed by atoms with van der Waals surface area (Å²) in [5.74, 6) is 0. The van der Waals surface area contributed by atoms with Gasteiger partial charge in [-0.1, -0.05) is 18.2 Å². The Morgan fingerprint density at radius 1 is 1.33 bits per heavy atom. The van der Waals surface area contributed by atoms with Crippen LogP contribution < -0.4 is 0 Å². The average Bonchev–Trinajstić information content (AvgIpc) is 2.83. The molecule has 0 bridgehead atoms. The second-order valence-electron chi connectivity index (χ2n) is 4.21. The van der Waals surface area contributed by atoms with Crippen molar-refractivity contribution in [3.05, 3.63) is 36.0 Å². The summed E-state index contributed by atoms with van der Waals surface area (Å²) < 4.78 is 0. The van der Waals surface area contributed by atoms with E-state index >= 15 is 0 Å². The number of para-hydroxylation sites is 1. The standard InChI is InChI=1S/C13H14N2/c1-9-6-7-13(15-9)11-8-14-12-5-3-2-4-10(11)12/h2-5,8-9,14H,6-7H2,1H3/t9-/m0/s1. The summed E-state index contributed by atoms with van der Waals surface area (Å²) in [5, 5.41) is 1.30. The summed E-state index contributed by atoms with van der Waals surface area (Å²) in [6, 6.07) is 8.90. The first-order valence-corrected chi connectivity index (χ1v) is 5.48. The number of benzene rings is 1. The number of rotatable bonds is 1. The van der Waals surface area contributed by atoms with Crippen molar-refractivity contribution in [1.29, 1.82) is 0 Å². The molecule has 0 fully saturated rings. The average molecular weight is 198 g/mol. The summed E-state index contributed by atoms with van der Waals surface area (Å²) in [7, 11) is 0. The zero-order chi connectivity index (χ0) is 10.3. The summed E-state index contributed by atoms with van der Waals surface area (Å²) in [5.41, 5.74) is 3.75. The van der Waals surface area contributed by atoms with Gasteiger partial charge in [-0.3, -0.25) is 4.99 Å². The first-order valence-electron chi connectivity index (χ1n) is 5.48. The molecule has 1 aliphatic rings. The summed E-state index contributed by atoms with van der Waals surface area (Å²) in [6.07, 6.45) is 4.39. The van der Waals surface area contributed by atoms with E-state index in [0.717, 1.165) is 6.42 Å². The molecule has 0 amide bonds. The number of hydrogen-bond acceptors (Lipinski definition) is 1. The molecular weight excluding hydrogens is 184 g/mol. The molecule has 1 aromatic carbocycles. The molecule has 1 atom stereocenters. The van der Waals surface area contributed by atoms with Gasteiger partial charge in [-0.25, -0.2) is 0 Å². The Morgan fingerprint density at radius 2 is 2.20 bits per heavy atom. The minimum Gasteiger partial charge on any atom is -0.360 e. The van der Waals surface area contributed by atoms with E-state index in [2.05, 4.69) is 47.4 Å². The molecule has 2 heteroatoms. The lowest BCUT2D eigenvalue weighted by atomic mass is 10.1. The highest BCUT2D eigenvalue weighted by molar-refractivity contribution is 6.11. The molecule has 1 aliphatic heterocycles. The van der Waals surface area contributed by atoms with Crippen LogP contribution in [0, 0.1) is 0 Å². The Balaban J connectivity index is 2.15. The third-order valence-corrected chi connectivity index (χ3v) is 3.08. The van der Waals surface area contributed by atoms with Crippen LogP contribution >= 0.6 is 0 Å². The first-order chi connectivity index (χ1) is 7.34. The van der Waals surface area contributed by atoms with Gasteiger partial charge in [0.2, 0.25) is 0 Å². The van der Waals surface area contributed by atoms with Crippen molar-refractivity contribution in [3.8, 4) is 0 Å². The van der Waals surface area contributed by atoms with Gasteiger partial charge in [0.15, 0.2) is 0 Å². The van der Waals surface area contributed by atoms with Crippen LogP contribution in [0.3, 0.4) is 0 Å². The molecule has 0 radical (unpaired) electrons. The lowest BCUT2D eigenvalue weighted by Gasteiger charge is -1.96. The van der Waals surface area contributed by atoms with Gasteiger partial charge in [0.05, 0.1) is 0 Å². The highest BCUT2D eigenvalue weighted by atomic mass is 14.8. The van der Waals surface area contributed by atoms with Crippen molar-refractivity contribution in [2.75, 3.05) is 0 Å². The van der Waals surface area contributed by atoms with Crippen LogP contribution in [0.2, 0.25) is 0 Å². The van der Waals surface area contributed by atoms with Crippen molar-refractivity contribution in [2.45, 2.75) is 25.8 Å². The van der Waals surface area contributed by atoms with E-state index in [1.165, 1.54) is 28.6 Å². The molecule has 0 saturated heterocycles. The molecule has 0 spiro atoms. The molecule has 0 unspecified atom stereocenters. The van der Waals surface area contributed by atoms with Crippen molar-refractivity contribution in [2.24, 2.45) is 4.99 Å². The number of nitrogens with one attached hydrogen (secondary N) is 1. The van der Waals surface area contributed by atoms with Crippen LogP contribution in [0.5, 0.6) is 0 Å². The highest BCUT2D eigenvalue weighted by Crippen LogP contribution is 2.24. The minimum atomic E-state index is 0.494. The molecule has 1 aromatic heterocycles. The number of aromatic nitrogens is 1. The fourth-order valence-electron chi connectivity index (χ4n) is 2.26. The van der Waals surface area contributed by atoms with Gasteiger partial charge in [0, 0.05) is 34.4 Å². The van der Waals surface area contributed by atoms with E-state index in [-0.39, 0.29) is 0 Å². The van der Waals surface area contributed by atoms with E-state index in [9.17, 15) is 0 Å². The van der Waals surface area contributed by atoms with Crippen LogP contribution in [0.4, 0.5) is 0 Å². The SMILES string of the molecule is C[C@H]1CCC(c2c[nH]c3ccccc23)=N1. The number of H-pyrrole nitrogens is 1. The maximum Gasteiger partial charge on any atom is 0.0478 e. The predicted octanol–water partition coefficient (Wildman–Crippen LogP) is 3.14.